The van der Waals surface area contributed by atoms with E-state index < -0.39 is 12.1 Å². The first-order valence-corrected chi connectivity index (χ1v) is 5.26. The highest BCUT2D eigenvalue weighted by Gasteiger charge is 2.10. The molecule has 0 amide bonds. The Balaban J connectivity index is 2.75. The molecular weight excluding hydrogens is 213 g/mol. The topological polar surface area (TPSA) is 40.5 Å². The molecule has 0 N–H and O–H groups in total. The SMILES string of the molecule is CCOC(Cn1cc(F)ccc1=O)OCC. The minimum Gasteiger partial charge on any atom is -0.351 e. The summed E-state index contributed by atoms with van der Waals surface area (Å²) in [7, 11) is 0. The number of hydrogen-bond acceptors (Lipinski definition) is 3. The average Bonchev–Trinajstić information content (AvgIpc) is 2.24. The average molecular weight is 229 g/mol. The van der Waals surface area contributed by atoms with E-state index in [4.69, 9.17) is 9.47 Å². The molecule has 0 radical (unpaired) electrons. The van der Waals surface area contributed by atoms with E-state index in [1.54, 1.807) is 0 Å². The second-order valence-electron chi connectivity index (χ2n) is 3.18. The van der Waals surface area contributed by atoms with Crippen LogP contribution in [0.4, 0.5) is 4.39 Å². The summed E-state index contributed by atoms with van der Waals surface area (Å²) in [6.07, 6.45) is 0.627. The number of aromatic nitrogens is 1. The smallest absolute Gasteiger partial charge is 0.250 e. The Morgan fingerprint density at radius 2 is 1.94 bits per heavy atom. The molecule has 0 aliphatic carbocycles. The normalized spacial score (nSPS) is 11.0. The molecule has 0 saturated carbocycles. The summed E-state index contributed by atoms with van der Waals surface area (Å²) < 4.78 is 24.7. The van der Waals surface area contributed by atoms with Crippen LogP contribution < -0.4 is 5.56 Å². The van der Waals surface area contributed by atoms with Gasteiger partial charge in [-0.3, -0.25) is 4.79 Å². The van der Waals surface area contributed by atoms with Gasteiger partial charge in [0.05, 0.1) is 6.54 Å². The van der Waals surface area contributed by atoms with Gasteiger partial charge in [0.2, 0.25) is 0 Å². The molecule has 1 aromatic heterocycles. The summed E-state index contributed by atoms with van der Waals surface area (Å²) >= 11 is 0. The lowest BCUT2D eigenvalue weighted by Gasteiger charge is -2.17. The fourth-order valence-corrected chi connectivity index (χ4v) is 1.33. The van der Waals surface area contributed by atoms with E-state index in [-0.39, 0.29) is 12.1 Å². The van der Waals surface area contributed by atoms with Crippen molar-refractivity contribution >= 4 is 0 Å². The van der Waals surface area contributed by atoms with Crippen molar-refractivity contribution in [1.82, 2.24) is 4.57 Å². The highest BCUT2D eigenvalue weighted by Crippen LogP contribution is 2.00. The molecular formula is C11H16FNO3. The minimum atomic E-state index is -0.519. The predicted molar refractivity (Wildman–Crippen MR) is 57.7 cm³/mol. The van der Waals surface area contributed by atoms with E-state index in [0.717, 1.165) is 12.3 Å². The molecule has 1 rings (SSSR count). The number of pyridine rings is 1. The van der Waals surface area contributed by atoms with Crippen LogP contribution in [0.5, 0.6) is 0 Å². The van der Waals surface area contributed by atoms with Gasteiger partial charge in [0.25, 0.3) is 5.56 Å². The number of hydrogen-bond donors (Lipinski definition) is 0. The van der Waals surface area contributed by atoms with E-state index in [1.807, 2.05) is 13.8 Å². The van der Waals surface area contributed by atoms with Crippen molar-refractivity contribution in [3.05, 3.63) is 34.5 Å². The van der Waals surface area contributed by atoms with Crippen molar-refractivity contribution in [2.24, 2.45) is 0 Å². The van der Waals surface area contributed by atoms with Crippen LogP contribution in [0.3, 0.4) is 0 Å². The van der Waals surface area contributed by atoms with Crippen LogP contribution in [0.2, 0.25) is 0 Å². The molecule has 0 aliphatic heterocycles. The number of nitrogens with zero attached hydrogens (tertiary/aromatic N) is 1. The van der Waals surface area contributed by atoms with Gasteiger partial charge in [-0.05, 0) is 19.9 Å². The lowest BCUT2D eigenvalue weighted by molar-refractivity contribution is -0.144. The van der Waals surface area contributed by atoms with Crippen LogP contribution in [0.1, 0.15) is 13.8 Å². The van der Waals surface area contributed by atoms with Crippen LogP contribution in [0.25, 0.3) is 0 Å². The minimum absolute atomic E-state index is 0.193. The zero-order valence-electron chi connectivity index (χ0n) is 9.48. The molecule has 16 heavy (non-hydrogen) atoms. The fourth-order valence-electron chi connectivity index (χ4n) is 1.33. The molecule has 0 aliphatic rings. The second kappa shape index (κ2) is 6.40. The number of rotatable bonds is 6. The summed E-state index contributed by atoms with van der Waals surface area (Å²) in [6.45, 7) is 4.82. The van der Waals surface area contributed by atoms with Gasteiger partial charge in [-0.2, -0.15) is 0 Å². The molecule has 0 spiro atoms. The van der Waals surface area contributed by atoms with Gasteiger partial charge in [0.1, 0.15) is 5.82 Å². The third-order valence-corrected chi connectivity index (χ3v) is 2.00. The number of ether oxygens (including phenoxy) is 2. The lowest BCUT2D eigenvalue weighted by Crippen LogP contribution is -2.29. The van der Waals surface area contributed by atoms with Gasteiger partial charge in [-0.25, -0.2) is 4.39 Å². The summed E-state index contributed by atoms with van der Waals surface area (Å²) in [5.74, 6) is -0.452. The quantitative estimate of drug-likeness (QED) is 0.692. The van der Waals surface area contributed by atoms with Crippen LogP contribution >= 0.6 is 0 Å². The Morgan fingerprint density at radius 3 is 2.50 bits per heavy atom. The van der Waals surface area contributed by atoms with Crippen LogP contribution in [0, 0.1) is 5.82 Å². The molecule has 0 bridgehead atoms. The van der Waals surface area contributed by atoms with E-state index >= 15 is 0 Å². The predicted octanol–water partition coefficient (Wildman–Crippen LogP) is 1.39. The highest BCUT2D eigenvalue weighted by molar-refractivity contribution is 4.96. The Kier molecular flexibility index (Phi) is 5.14. The molecule has 1 heterocycles. The molecule has 0 saturated heterocycles. The molecule has 90 valence electrons. The van der Waals surface area contributed by atoms with Gasteiger partial charge in [0.15, 0.2) is 6.29 Å². The van der Waals surface area contributed by atoms with E-state index in [0.29, 0.717) is 13.2 Å². The third-order valence-electron chi connectivity index (χ3n) is 2.00. The van der Waals surface area contributed by atoms with Crippen molar-refractivity contribution in [2.75, 3.05) is 13.2 Å². The molecule has 0 aromatic carbocycles. The van der Waals surface area contributed by atoms with Crippen LogP contribution in [-0.4, -0.2) is 24.1 Å². The zero-order valence-corrected chi connectivity index (χ0v) is 9.48. The third kappa shape index (κ3) is 3.75. The monoisotopic (exact) mass is 229 g/mol. The molecule has 0 unspecified atom stereocenters. The standard InChI is InChI=1S/C11H16FNO3/c1-3-15-11(16-4-2)8-13-7-9(12)5-6-10(13)14/h5-7,11H,3-4,8H2,1-2H3. The molecule has 0 fully saturated rings. The highest BCUT2D eigenvalue weighted by atomic mass is 19.1. The Bertz CT molecular complexity index is 372. The molecule has 1 aromatic rings. The summed E-state index contributed by atoms with van der Waals surface area (Å²) in [5.41, 5.74) is -0.272. The maximum Gasteiger partial charge on any atom is 0.250 e. The summed E-state index contributed by atoms with van der Waals surface area (Å²) in [4.78, 5) is 11.4. The summed E-state index contributed by atoms with van der Waals surface area (Å²) in [5, 5.41) is 0. The largest absolute Gasteiger partial charge is 0.351 e. The first-order chi connectivity index (χ1) is 7.67. The summed E-state index contributed by atoms with van der Waals surface area (Å²) in [6, 6.07) is 2.32. The Morgan fingerprint density at radius 1 is 1.31 bits per heavy atom. The molecule has 5 heteroatoms. The first-order valence-electron chi connectivity index (χ1n) is 5.26. The van der Waals surface area contributed by atoms with Gasteiger partial charge >= 0.3 is 0 Å². The number of halogens is 1. The molecule has 0 atom stereocenters. The van der Waals surface area contributed by atoms with Crippen molar-refractivity contribution in [2.45, 2.75) is 26.7 Å². The van der Waals surface area contributed by atoms with Crippen molar-refractivity contribution < 1.29 is 13.9 Å². The first kappa shape index (κ1) is 12.9. The van der Waals surface area contributed by atoms with Crippen LogP contribution in [0.15, 0.2) is 23.1 Å². The fraction of sp³-hybridized carbons (Fsp3) is 0.545. The van der Waals surface area contributed by atoms with Crippen LogP contribution in [-0.2, 0) is 16.0 Å². The van der Waals surface area contributed by atoms with Gasteiger partial charge < -0.3 is 14.0 Å². The van der Waals surface area contributed by atoms with E-state index in [2.05, 4.69) is 0 Å². The Labute approximate surface area is 93.6 Å². The maximum atomic E-state index is 12.9. The maximum absolute atomic E-state index is 12.9. The van der Waals surface area contributed by atoms with Crippen molar-refractivity contribution in [1.29, 1.82) is 0 Å². The lowest BCUT2D eigenvalue weighted by atomic mass is 10.4. The van der Waals surface area contributed by atoms with Crippen molar-refractivity contribution in [3.8, 4) is 0 Å². The van der Waals surface area contributed by atoms with Crippen molar-refractivity contribution in [3.63, 3.8) is 0 Å². The van der Waals surface area contributed by atoms with Gasteiger partial charge in [-0.1, -0.05) is 0 Å². The van der Waals surface area contributed by atoms with E-state index in [9.17, 15) is 9.18 Å². The van der Waals surface area contributed by atoms with Gasteiger partial charge in [-0.15, -0.1) is 0 Å². The van der Waals surface area contributed by atoms with E-state index in [1.165, 1.54) is 10.6 Å². The molecule has 4 nitrogen and oxygen atoms in total. The zero-order chi connectivity index (χ0) is 12.0. The van der Waals surface area contributed by atoms with Gasteiger partial charge in [0, 0.05) is 25.5 Å². The second-order valence-corrected chi connectivity index (χ2v) is 3.18. The Hall–Kier alpha value is -1.20.